The van der Waals surface area contributed by atoms with E-state index in [-0.39, 0.29) is 0 Å². The summed E-state index contributed by atoms with van der Waals surface area (Å²) in [7, 11) is 5.71. The first-order chi connectivity index (χ1) is 5.46. The van der Waals surface area contributed by atoms with Gasteiger partial charge in [-0.2, -0.15) is 0 Å². The number of nitrogens with two attached hydrogens (primary N) is 1. The van der Waals surface area contributed by atoms with Crippen molar-refractivity contribution in [2.24, 2.45) is 0 Å². The molecule has 0 atom stereocenters. The Balaban J connectivity index is 3.60. The Hall–Kier alpha value is -0.915. The molecule has 0 saturated heterocycles. The van der Waals surface area contributed by atoms with E-state index in [9.17, 15) is 0 Å². The van der Waals surface area contributed by atoms with Gasteiger partial charge in [0.05, 0.1) is 1.37 Å². The fraction of sp³-hybridized carbons (Fsp3) is 0.333. The van der Waals surface area contributed by atoms with Crippen molar-refractivity contribution in [2.45, 2.75) is 20.8 Å². The Morgan fingerprint density at radius 3 is 2.45 bits per heavy atom. The van der Waals surface area contributed by atoms with E-state index in [1.165, 1.54) is 0 Å². The van der Waals surface area contributed by atoms with E-state index in [1.807, 2.05) is 20.8 Å². The second-order valence-corrected chi connectivity index (χ2v) is 2.83. The second-order valence-electron chi connectivity index (χ2n) is 2.83. The van der Waals surface area contributed by atoms with Gasteiger partial charge in [0, 0.05) is 5.69 Å². The fourth-order valence-electron chi connectivity index (χ4n) is 1.05. The molecule has 1 aromatic carbocycles. The molecule has 0 unspecified atom stereocenters. The molecular formula is C9H12BN. The highest BCUT2D eigenvalue weighted by atomic mass is 14.6. The Labute approximate surface area is 70.4 Å². The van der Waals surface area contributed by atoms with Gasteiger partial charge < -0.3 is 5.73 Å². The lowest BCUT2D eigenvalue weighted by Gasteiger charge is -2.10. The van der Waals surface area contributed by atoms with E-state index in [0.717, 1.165) is 16.7 Å². The third kappa shape index (κ3) is 1.25. The smallest absolute Gasteiger partial charge is 0.114 e. The molecule has 56 valence electrons. The quantitative estimate of drug-likeness (QED) is 0.429. The average Bonchev–Trinajstić information content (AvgIpc) is 2.08. The summed E-state index contributed by atoms with van der Waals surface area (Å²) in [6, 6.07) is 0.357. The zero-order chi connectivity index (χ0) is 9.46. The highest BCUT2D eigenvalue weighted by Gasteiger charge is 2.02. The number of nitrogen functional groups attached to an aromatic ring is 1. The molecular weight excluding hydrogens is 133 g/mol. The lowest BCUT2D eigenvalue weighted by molar-refractivity contribution is 1.33. The summed E-state index contributed by atoms with van der Waals surface area (Å²) in [6.45, 7) is 5.63. The highest BCUT2D eigenvalue weighted by molar-refractivity contribution is 6.33. The summed E-state index contributed by atoms with van der Waals surface area (Å²) in [5.41, 5.74) is 9.68. The minimum absolute atomic E-state index is 0.357. The average molecular weight is 147 g/mol. The molecule has 0 fully saturated rings. The van der Waals surface area contributed by atoms with Gasteiger partial charge in [-0.1, -0.05) is 17.1 Å². The van der Waals surface area contributed by atoms with Gasteiger partial charge in [0.15, 0.2) is 0 Å². The van der Waals surface area contributed by atoms with Crippen molar-refractivity contribution in [3.05, 3.63) is 22.7 Å². The molecule has 11 heavy (non-hydrogen) atoms. The van der Waals surface area contributed by atoms with Crippen LogP contribution >= 0.6 is 0 Å². The normalized spacial score (nSPS) is 11.4. The van der Waals surface area contributed by atoms with Crippen LogP contribution < -0.4 is 11.2 Å². The van der Waals surface area contributed by atoms with Crippen molar-refractivity contribution < 1.29 is 1.37 Å². The maximum atomic E-state index is 7.62. The van der Waals surface area contributed by atoms with Crippen LogP contribution in [0.1, 0.15) is 18.1 Å². The zero-order valence-corrected chi connectivity index (χ0v) is 7.15. The van der Waals surface area contributed by atoms with Gasteiger partial charge in [-0.15, -0.1) is 0 Å². The maximum absolute atomic E-state index is 7.62. The Morgan fingerprint density at radius 2 is 1.91 bits per heavy atom. The van der Waals surface area contributed by atoms with Crippen LogP contribution in [0.2, 0.25) is 0 Å². The van der Waals surface area contributed by atoms with Gasteiger partial charge in [0.1, 0.15) is 7.85 Å². The van der Waals surface area contributed by atoms with Crippen LogP contribution in [0.15, 0.2) is 6.04 Å². The van der Waals surface area contributed by atoms with Gasteiger partial charge in [-0.05, 0) is 31.9 Å². The second kappa shape index (κ2) is 2.61. The summed E-state index contributed by atoms with van der Waals surface area (Å²) in [6.07, 6.45) is 0. The van der Waals surface area contributed by atoms with Gasteiger partial charge in [0.2, 0.25) is 0 Å². The number of hydrogen-bond donors (Lipinski definition) is 1. The number of benzene rings is 1. The van der Waals surface area contributed by atoms with E-state index < -0.39 is 0 Å². The fourth-order valence-corrected chi connectivity index (χ4v) is 1.05. The summed E-state index contributed by atoms with van der Waals surface area (Å²) < 4.78 is 7.62. The van der Waals surface area contributed by atoms with Crippen LogP contribution in [0.5, 0.6) is 0 Å². The van der Waals surface area contributed by atoms with Crippen molar-refractivity contribution in [1.29, 1.82) is 0 Å². The molecule has 2 radical (unpaired) electrons. The summed E-state index contributed by atoms with van der Waals surface area (Å²) >= 11 is 0. The topological polar surface area (TPSA) is 26.0 Å². The lowest BCUT2D eigenvalue weighted by Crippen LogP contribution is -2.12. The van der Waals surface area contributed by atoms with Crippen LogP contribution in [0.25, 0.3) is 0 Å². The third-order valence-corrected chi connectivity index (χ3v) is 2.10. The molecule has 0 spiro atoms. The van der Waals surface area contributed by atoms with Crippen LogP contribution in [-0.4, -0.2) is 7.85 Å². The molecule has 0 saturated carbocycles. The van der Waals surface area contributed by atoms with E-state index in [2.05, 4.69) is 0 Å². The van der Waals surface area contributed by atoms with E-state index in [4.69, 9.17) is 15.0 Å². The molecule has 1 rings (SSSR count). The number of hydrogen-bond acceptors (Lipinski definition) is 1. The minimum Gasteiger partial charge on any atom is -0.398 e. The Kier molecular flexibility index (Phi) is 1.61. The molecule has 1 nitrogen and oxygen atoms in total. The van der Waals surface area contributed by atoms with Gasteiger partial charge >= 0.3 is 0 Å². The van der Waals surface area contributed by atoms with Crippen LogP contribution in [0.3, 0.4) is 0 Å². The molecule has 0 aliphatic heterocycles. The van der Waals surface area contributed by atoms with Crippen LogP contribution in [0.4, 0.5) is 5.69 Å². The lowest BCUT2D eigenvalue weighted by atomic mass is 9.86. The highest BCUT2D eigenvalue weighted by Crippen LogP contribution is 2.16. The number of anilines is 1. The van der Waals surface area contributed by atoms with E-state index in [1.54, 1.807) is 0 Å². The largest absolute Gasteiger partial charge is 0.398 e. The minimum atomic E-state index is 0.357. The SMILES string of the molecule is [3H]c1c([B])c(C)c(C)c(N)c1C. The summed E-state index contributed by atoms with van der Waals surface area (Å²) in [5, 5.41) is 0. The van der Waals surface area contributed by atoms with Crippen molar-refractivity contribution in [2.75, 3.05) is 5.73 Å². The molecule has 2 N–H and O–H groups in total. The zero-order valence-electron chi connectivity index (χ0n) is 8.15. The molecule has 0 bridgehead atoms. The van der Waals surface area contributed by atoms with Crippen molar-refractivity contribution in [1.82, 2.24) is 0 Å². The molecule has 1 aromatic rings. The van der Waals surface area contributed by atoms with Crippen molar-refractivity contribution in [3.8, 4) is 0 Å². The molecule has 0 aliphatic carbocycles. The van der Waals surface area contributed by atoms with Gasteiger partial charge in [-0.25, -0.2) is 0 Å². The molecule has 0 amide bonds. The van der Waals surface area contributed by atoms with E-state index >= 15 is 0 Å². The van der Waals surface area contributed by atoms with Gasteiger partial charge in [-0.3, -0.25) is 0 Å². The Bertz CT molecular complexity index is 229. The molecule has 2 heteroatoms. The predicted octanol–water partition coefficient (Wildman–Crippen LogP) is 0.988. The maximum Gasteiger partial charge on any atom is 0.114 e. The van der Waals surface area contributed by atoms with Crippen LogP contribution in [0, 0.1) is 20.8 Å². The van der Waals surface area contributed by atoms with Crippen LogP contribution in [-0.2, 0) is 0 Å². The first-order valence-corrected chi connectivity index (χ1v) is 3.58. The molecule has 0 aromatic heterocycles. The summed E-state index contributed by atoms with van der Waals surface area (Å²) in [5.74, 6) is 0. The standard InChI is InChI=1S/C9H12BN/c1-5-4-8(10)6(2)7(3)9(5)11/h4H,11H2,1-3H3/i4T. The van der Waals surface area contributed by atoms with E-state index in [0.29, 0.717) is 17.2 Å². The Morgan fingerprint density at radius 1 is 1.36 bits per heavy atom. The number of rotatable bonds is 0. The first-order valence-electron chi connectivity index (χ1n) is 4.08. The summed E-state index contributed by atoms with van der Waals surface area (Å²) in [4.78, 5) is 0. The van der Waals surface area contributed by atoms with Crippen molar-refractivity contribution in [3.63, 3.8) is 0 Å². The van der Waals surface area contributed by atoms with Crippen molar-refractivity contribution >= 4 is 19.0 Å². The first kappa shape index (κ1) is 6.77. The molecule has 0 heterocycles. The monoisotopic (exact) mass is 147 g/mol. The van der Waals surface area contributed by atoms with Gasteiger partial charge in [0.25, 0.3) is 0 Å². The molecule has 0 aliphatic rings. The third-order valence-electron chi connectivity index (χ3n) is 2.10. The predicted molar refractivity (Wildman–Crippen MR) is 50.5 cm³/mol.